The van der Waals surface area contributed by atoms with Gasteiger partial charge >= 0.3 is 0 Å². The van der Waals surface area contributed by atoms with Crippen molar-refractivity contribution in [2.75, 3.05) is 29.9 Å². The maximum absolute atomic E-state index is 12.0. The predicted molar refractivity (Wildman–Crippen MR) is 108 cm³/mol. The summed E-state index contributed by atoms with van der Waals surface area (Å²) in [5, 5.41) is 5.48. The third-order valence-corrected chi connectivity index (χ3v) is 3.86. The zero-order valence-electron chi connectivity index (χ0n) is 16.1. The molecule has 0 saturated heterocycles. The zero-order chi connectivity index (χ0) is 20.4. The van der Waals surface area contributed by atoms with Crippen LogP contribution >= 0.6 is 0 Å². The molecule has 2 aromatic carbocycles. The predicted octanol–water partition coefficient (Wildman–Crippen LogP) is 2.58. The molecule has 7 nitrogen and oxygen atoms in total. The van der Waals surface area contributed by atoms with Crippen molar-refractivity contribution in [1.82, 2.24) is 5.32 Å². The van der Waals surface area contributed by atoms with Gasteiger partial charge in [-0.1, -0.05) is 24.3 Å². The monoisotopic (exact) mass is 383 g/mol. The molecule has 2 rings (SSSR count). The zero-order valence-corrected chi connectivity index (χ0v) is 16.1. The smallest absolute Gasteiger partial charge is 0.223 e. The van der Waals surface area contributed by atoms with Crippen molar-refractivity contribution in [3.8, 4) is 5.75 Å². The summed E-state index contributed by atoms with van der Waals surface area (Å²) < 4.78 is 5.50. The Kier molecular flexibility index (Phi) is 8.02. The molecule has 3 amide bonds. The van der Waals surface area contributed by atoms with Crippen molar-refractivity contribution in [2.45, 2.75) is 20.3 Å². The summed E-state index contributed by atoms with van der Waals surface area (Å²) in [5.41, 5.74) is 1.26. The van der Waals surface area contributed by atoms with Crippen LogP contribution in [0.2, 0.25) is 0 Å². The van der Waals surface area contributed by atoms with Gasteiger partial charge in [0.05, 0.1) is 13.0 Å². The van der Waals surface area contributed by atoms with Crippen LogP contribution in [0.1, 0.15) is 20.3 Å². The van der Waals surface area contributed by atoms with E-state index in [0.717, 1.165) is 5.75 Å². The normalized spacial score (nSPS) is 10.1. The molecule has 0 spiro atoms. The van der Waals surface area contributed by atoms with Crippen molar-refractivity contribution in [2.24, 2.45) is 0 Å². The highest BCUT2D eigenvalue weighted by Crippen LogP contribution is 2.19. The molecule has 2 aromatic rings. The van der Waals surface area contributed by atoms with Crippen molar-refractivity contribution in [1.29, 1.82) is 0 Å². The fourth-order valence-corrected chi connectivity index (χ4v) is 2.60. The molecule has 7 heteroatoms. The Morgan fingerprint density at radius 3 is 2.43 bits per heavy atom. The molecule has 0 unspecified atom stereocenters. The first-order valence-corrected chi connectivity index (χ1v) is 9.06. The Hall–Kier alpha value is -3.35. The quantitative estimate of drug-likeness (QED) is 0.697. The molecule has 2 N–H and O–H groups in total. The number of rotatable bonds is 9. The number of benzene rings is 2. The Balaban J connectivity index is 1.80. The summed E-state index contributed by atoms with van der Waals surface area (Å²) in [6, 6.07) is 16.3. The molecule has 148 valence electrons. The second kappa shape index (κ2) is 10.7. The molecule has 0 heterocycles. The maximum Gasteiger partial charge on any atom is 0.223 e. The molecule has 0 aliphatic carbocycles. The third-order valence-electron chi connectivity index (χ3n) is 3.86. The van der Waals surface area contributed by atoms with Crippen molar-refractivity contribution in [3.63, 3.8) is 0 Å². The molecule has 0 bridgehead atoms. The largest absolute Gasteiger partial charge is 0.493 e. The van der Waals surface area contributed by atoms with Gasteiger partial charge in [0.1, 0.15) is 5.75 Å². The number of anilines is 2. The molecular weight excluding hydrogens is 358 g/mol. The summed E-state index contributed by atoms with van der Waals surface area (Å²) in [5.74, 6) is 0.238. The number of para-hydroxylation sites is 1. The second-order valence-corrected chi connectivity index (χ2v) is 6.16. The average Bonchev–Trinajstić information content (AvgIpc) is 2.65. The lowest BCUT2D eigenvalue weighted by atomic mass is 10.2. The number of amides is 3. The molecule has 28 heavy (non-hydrogen) atoms. The summed E-state index contributed by atoms with van der Waals surface area (Å²) in [6.45, 7) is 3.80. The first-order chi connectivity index (χ1) is 13.5. The minimum Gasteiger partial charge on any atom is -0.493 e. The minimum absolute atomic E-state index is 0.147. The van der Waals surface area contributed by atoms with Crippen LogP contribution < -0.4 is 20.3 Å². The van der Waals surface area contributed by atoms with Crippen LogP contribution in [0.4, 0.5) is 11.4 Å². The second-order valence-electron chi connectivity index (χ2n) is 6.16. The summed E-state index contributed by atoms with van der Waals surface area (Å²) >= 11 is 0. The van der Waals surface area contributed by atoms with Gasteiger partial charge in [-0.3, -0.25) is 14.4 Å². The minimum atomic E-state index is -0.184. The van der Waals surface area contributed by atoms with E-state index in [0.29, 0.717) is 24.5 Å². The highest BCUT2D eigenvalue weighted by Gasteiger charge is 2.12. The highest BCUT2D eigenvalue weighted by molar-refractivity contribution is 5.94. The Labute approximate surface area is 164 Å². The molecule has 0 aliphatic heterocycles. The fraction of sp³-hybridized carbons (Fsp3) is 0.286. The van der Waals surface area contributed by atoms with Gasteiger partial charge in [-0.2, -0.15) is 0 Å². The number of nitrogens with one attached hydrogen (secondary N) is 2. The van der Waals surface area contributed by atoms with Crippen molar-refractivity contribution >= 4 is 29.1 Å². The van der Waals surface area contributed by atoms with E-state index in [1.54, 1.807) is 29.2 Å². The lowest BCUT2D eigenvalue weighted by molar-refractivity contribution is -0.122. The average molecular weight is 383 g/mol. The van der Waals surface area contributed by atoms with Crippen LogP contribution in [-0.2, 0) is 14.4 Å². The van der Waals surface area contributed by atoms with Crippen LogP contribution in [0, 0.1) is 0 Å². The summed E-state index contributed by atoms with van der Waals surface area (Å²) in [4.78, 5) is 36.7. The van der Waals surface area contributed by atoms with Gasteiger partial charge in [-0.05, 0) is 30.3 Å². The standard InChI is InChI=1S/C21H25N3O4/c1-16(25)23-18-7-6-8-19(15-18)24(17(2)26)13-12-22-21(27)11-14-28-20-9-4-3-5-10-20/h3-10,15H,11-14H2,1-2H3,(H,22,27)(H,23,25). The molecule has 0 aliphatic rings. The Morgan fingerprint density at radius 2 is 1.75 bits per heavy atom. The van der Waals surface area contributed by atoms with Crippen LogP contribution in [0.3, 0.4) is 0 Å². The lowest BCUT2D eigenvalue weighted by Gasteiger charge is -2.22. The van der Waals surface area contributed by atoms with Gasteiger partial charge in [-0.15, -0.1) is 0 Å². The molecule has 0 atom stereocenters. The van der Waals surface area contributed by atoms with E-state index in [1.807, 2.05) is 30.3 Å². The van der Waals surface area contributed by atoms with Crippen LogP contribution in [0.5, 0.6) is 5.75 Å². The van der Waals surface area contributed by atoms with E-state index in [1.165, 1.54) is 13.8 Å². The van der Waals surface area contributed by atoms with Crippen LogP contribution in [-0.4, -0.2) is 37.4 Å². The van der Waals surface area contributed by atoms with Gasteiger partial charge < -0.3 is 20.3 Å². The lowest BCUT2D eigenvalue weighted by Crippen LogP contribution is -2.37. The van der Waals surface area contributed by atoms with Crippen LogP contribution in [0.25, 0.3) is 0 Å². The number of hydrogen-bond acceptors (Lipinski definition) is 4. The SMILES string of the molecule is CC(=O)Nc1cccc(N(CCNC(=O)CCOc2ccccc2)C(C)=O)c1. The van der Waals surface area contributed by atoms with E-state index >= 15 is 0 Å². The van der Waals surface area contributed by atoms with Crippen molar-refractivity contribution in [3.05, 3.63) is 54.6 Å². The van der Waals surface area contributed by atoms with Crippen molar-refractivity contribution < 1.29 is 19.1 Å². The van der Waals surface area contributed by atoms with Gasteiger partial charge in [0, 0.05) is 38.3 Å². The van der Waals surface area contributed by atoms with Crippen LogP contribution in [0.15, 0.2) is 54.6 Å². The molecular formula is C21H25N3O4. The number of ether oxygens (including phenoxy) is 1. The highest BCUT2D eigenvalue weighted by atomic mass is 16.5. The first-order valence-electron chi connectivity index (χ1n) is 9.06. The first kappa shape index (κ1) is 21.0. The topological polar surface area (TPSA) is 87.7 Å². The van der Waals surface area contributed by atoms with E-state index in [4.69, 9.17) is 4.74 Å². The number of carbonyl (C=O) groups is 3. The van der Waals surface area contributed by atoms with E-state index < -0.39 is 0 Å². The van der Waals surface area contributed by atoms with Gasteiger partial charge in [0.25, 0.3) is 0 Å². The molecule has 0 aromatic heterocycles. The third kappa shape index (κ3) is 7.11. The fourth-order valence-electron chi connectivity index (χ4n) is 2.60. The van der Waals surface area contributed by atoms with E-state index in [2.05, 4.69) is 10.6 Å². The van der Waals surface area contributed by atoms with Gasteiger partial charge in [-0.25, -0.2) is 0 Å². The van der Waals surface area contributed by atoms with E-state index in [9.17, 15) is 14.4 Å². The summed E-state index contributed by atoms with van der Waals surface area (Å²) in [6.07, 6.45) is 0.229. The Morgan fingerprint density at radius 1 is 1.00 bits per heavy atom. The number of carbonyl (C=O) groups excluding carboxylic acids is 3. The van der Waals surface area contributed by atoms with E-state index in [-0.39, 0.29) is 30.7 Å². The molecule has 0 radical (unpaired) electrons. The van der Waals surface area contributed by atoms with Gasteiger partial charge in [0.15, 0.2) is 0 Å². The number of hydrogen-bond donors (Lipinski definition) is 2. The van der Waals surface area contributed by atoms with Gasteiger partial charge in [0.2, 0.25) is 17.7 Å². The number of nitrogens with zero attached hydrogens (tertiary/aromatic N) is 1. The molecule has 0 fully saturated rings. The summed E-state index contributed by atoms with van der Waals surface area (Å²) in [7, 11) is 0. The molecule has 0 saturated carbocycles. The Bertz CT molecular complexity index is 808. The maximum atomic E-state index is 12.0.